The second kappa shape index (κ2) is 26.6. The van der Waals surface area contributed by atoms with Crippen LogP contribution in [0.1, 0.15) is 112 Å². The Balaban J connectivity index is 1.35. The number of aromatic nitrogens is 1. The molecule has 0 radical (unpaired) electrons. The number of aliphatic hydroxyl groups is 2. The highest BCUT2D eigenvalue weighted by molar-refractivity contribution is 8.00. The van der Waals surface area contributed by atoms with Crippen molar-refractivity contribution in [3.8, 4) is 11.5 Å². The molecule has 0 spiro atoms. The predicted molar refractivity (Wildman–Crippen MR) is 294 cm³/mol. The first-order chi connectivity index (χ1) is 37.1. The van der Waals surface area contributed by atoms with Crippen LogP contribution in [0.2, 0.25) is 10.0 Å². The van der Waals surface area contributed by atoms with Gasteiger partial charge in [0.05, 0.1) is 77.0 Å². The molecule has 0 aliphatic carbocycles. The smallest absolute Gasteiger partial charge is 0.320 e. The quantitative estimate of drug-likeness (QED) is 0.110. The fraction of sp³-hybridized carbons (Fsp3) is 0.714. The van der Waals surface area contributed by atoms with Gasteiger partial charge in [-0.25, -0.2) is 0 Å². The minimum Gasteiger partial charge on any atom is -0.493 e. The van der Waals surface area contributed by atoms with Crippen LogP contribution in [-0.2, 0) is 57.1 Å². The van der Waals surface area contributed by atoms with E-state index in [1.807, 2.05) is 13.8 Å². The van der Waals surface area contributed by atoms with Crippen LogP contribution in [0.4, 0.5) is 5.69 Å². The van der Waals surface area contributed by atoms with Gasteiger partial charge in [0, 0.05) is 82.0 Å². The molecule has 1 aromatic carbocycles. The minimum absolute atomic E-state index is 0.0207. The number of cyclic esters (lactones) is 1. The Labute approximate surface area is 478 Å². The second-order valence-electron chi connectivity index (χ2n) is 22.2. The maximum Gasteiger partial charge on any atom is 0.320 e. The Kier molecular flexibility index (Phi) is 21.6. The van der Waals surface area contributed by atoms with Gasteiger partial charge in [-0.3, -0.25) is 29.0 Å². The number of esters is 2. The Morgan fingerprint density at radius 3 is 2.16 bits per heavy atom. The first-order valence-corrected chi connectivity index (χ1v) is 28.7. The summed E-state index contributed by atoms with van der Waals surface area (Å²) < 4.78 is 63.4. The van der Waals surface area contributed by atoms with Crippen LogP contribution >= 0.6 is 35.0 Å². The fourth-order valence-corrected chi connectivity index (χ4v) is 13.8. The summed E-state index contributed by atoms with van der Waals surface area (Å²) in [4.78, 5) is 76.2. The number of Topliss-reactive ketones (excluding diaryl/α,β-unsaturated/α-hetero) is 1. The van der Waals surface area contributed by atoms with E-state index in [1.54, 1.807) is 74.6 Å². The van der Waals surface area contributed by atoms with Crippen molar-refractivity contribution in [1.29, 1.82) is 0 Å². The van der Waals surface area contributed by atoms with Crippen molar-refractivity contribution in [3.05, 3.63) is 46.2 Å². The number of hydrogen-bond donors (Lipinski definition) is 3. The Morgan fingerprint density at radius 2 is 1.56 bits per heavy atom. The standard InChI is InChI=1S/C56H81Cl2N3O17S/c1-16-40-56(11)42(47(52(68)78-56)79-20-19-72-39-22-34(17-18-38(39)69-13)50(66)60-43-35(57)25-59-26-36(43)58)29(4)44(63)27(2)23-55(10,71-15)49(77-53-45(64)37(21-28(3)73-53)61(12)33(8)62)30(5)46(31(6)51(67)75-40)76-41-24-54(9,70-14)48(65)32(7)74-41/h17-18,22,25-32,37,40-42,45-49,53,64-65H,16,19-21,23-24H2,1-15H3,(H,59,60,66)/t27-,28-,29-,30+,31-,32+,37+,40-,41+,42+,45-,46+,47+,48+,49-,53+,54-,55-,56-/m1/s1. The SMILES string of the molecule is CC[C@H]1OC(=O)[C@H](C)[C@@H](O[C@H]2C[C@@](C)(OC)[C@@H](O)[C@H](C)O2)[C@H](C)[C@@H](O[C@@H]2O[C@H](C)C[C@H](N(C)C(C)=O)[C@H]2O)[C@](C)(OC)C[C@@H](C)C(=O)[C@H](C)[C@H]2[C@H](SCCOc3cc(C(=O)Nc4c(Cl)cncc4Cl)ccc3OC)C(=O)O[C@@]21C. The number of aliphatic hydroxyl groups excluding tert-OH is 2. The maximum absolute atomic E-state index is 15.3. The molecule has 19 atom stereocenters. The number of pyridine rings is 1. The number of carbonyl (C=O) groups excluding carboxylic acids is 5. The lowest BCUT2D eigenvalue weighted by Crippen LogP contribution is -2.61. The van der Waals surface area contributed by atoms with Crippen LogP contribution in [0, 0.1) is 29.6 Å². The largest absolute Gasteiger partial charge is 0.493 e. The average Bonchev–Trinajstić information content (AvgIpc) is 3.77. The van der Waals surface area contributed by atoms with Gasteiger partial charge < -0.3 is 67.8 Å². The van der Waals surface area contributed by atoms with Crippen molar-refractivity contribution >= 4 is 70.2 Å². The van der Waals surface area contributed by atoms with Gasteiger partial charge in [0.25, 0.3) is 5.91 Å². The topological polar surface area (TPSA) is 246 Å². The van der Waals surface area contributed by atoms with Crippen LogP contribution in [-0.4, -0.2) is 174 Å². The van der Waals surface area contributed by atoms with E-state index >= 15 is 9.59 Å². The van der Waals surface area contributed by atoms with Gasteiger partial charge >= 0.3 is 11.9 Å². The van der Waals surface area contributed by atoms with Crippen LogP contribution in [0.5, 0.6) is 11.5 Å². The van der Waals surface area contributed by atoms with Crippen molar-refractivity contribution in [2.75, 3.05) is 46.1 Å². The molecular formula is C56H81Cl2N3O17S. The van der Waals surface area contributed by atoms with E-state index in [4.69, 9.17) is 70.6 Å². The molecule has 2 aromatic rings. The number of carbonyl (C=O) groups is 5. The molecule has 6 rings (SSSR count). The number of halogens is 2. The number of likely N-dealkylation sites (N-methyl/N-ethyl adjacent to an activating group) is 1. The third-order valence-electron chi connectivity index (χ3n) is 16.8. The van der Waals surface area contributed by atoms with Crippen LogP contribution in [0.25, 0.3) is 0 Å². The molecule has 4 fully saturated rings. The number of anilines is 1. The molecule has 2 amide bonds. The van der Waals surface area contributed by atoms with Crippen LogP contribution < -0.4 is 14.8 Å². The third-order valence-corrected chi connectivity index (χ3v) is 18.6. The third kappa shape index (κ3) is 13.8. The molecule has 0 unspecified atom stereocenters. The van der Waals surface area contributed by atoms with Gasteiger partial charge in [-0.15, -0.1) is 11.8 Å². The number of rotatable bonds is 16. The van der Waals surface area contributed by atoms with Gasteiger partial charge in [0.1, 0.15) is 29.3 Å². The van der Waals surface area contributed by atoms with E-state index in [-0.39, 0.29) is 70.4 Å². The van der Waals surface area contributed by atoms with E-state index in [0.717, 1.165) is 0 Å². The molecular weight excluding hydrogens is 1090 g/mol. The number of nitrogens with zero attached hydrogens (tertiary/aromatic N) is 2. The molecule has 0 bridgehead atoms. The molecule has 3 N–H and O–H groups in total. The Hall–Kier alpha value is -3.87. The highest BCUT2D eigenvalue weighted by Gasteiger charge is 2.62. The molecule has 4 aliphatic rings. The highest BCUT2D eigenvalue weighted by Crippen LogP contribution is 2.50. The summed E-state index contributed by atoms with van der Waals surface area (Å²) in [5.41, 5.74) is -3.63. The molecule has 79 heavy (non-hydrogen) atoms. The molecule has 4 saturated heterocycles. The summed E-state index contributed by atoms with van der Waals surface area (Å²) in [6.45, 7) is 19.0. The summed E-state index contributed by atoms with van der Waals surface area (Å²) in [6, 6.07) is 3.94. The van der Waals surface area contributed by atoms with E-state index in [9.17, 15) is 24.6 Å². The zero-order valence-corrected chi connectivity index (χ0v) is 50.3. The first-order valence-electron chi connectivity index (χ1n) is 26.9. The number of methoxy groups -OCH3 is 3. The number of hydrogen-bond acceptors (Lipinski definition) is 19. The molecule has 5 heterocycles. The molecule has 442 valence electrons. The lowest BCUT2D eigenvalue weighted by Gasteiger charge is -2.50. The van der Waals surface area contributed by atoms with Gasteiger partial charge in [-0.2, -0.15) is 0 Å². The van der Waals surface area contributed by atoms with Gasteiger partial charge in [-0.1, -0.05) is 50.9 Å². The van der Waals surface area contributed by atoms with E-state index in [2.05, 4.69) is 10.3 Å². The number of benzene rings is 1. The normalized spacial score (nSPS) is 37.5. The van der Waals surface area contributed by atoms with Crippen molar-refractivity contribution in [2.24, 2.45) is 29.6 Å². The van der Waals surface area contributed by atoms with Gasteiger partial charge in [-0.05, 0) is 79.0 Å². The summed E-state index contributed by atoms with van der Waals surface area (Å²) in [5, 5.41) is 25.2. The maximum atomic E-state index is 15.3. The summed E-state index contributed by atoms with van der Waals surface area (Å²) in [5.74, 6) is -6.00. The first kappa shape index (κ1) is 64.3. The zero-order valence-electron chi connectivity index (χ0n) is 47.9. The molecule has 4 aliphatic heterocycles. The molecule has 0 saturated carbocycles. The minimum atomic E-state index is -1.52. The van der Waals surface area contributed by atoms with Gasteiger partial charge in [0.15, 0.2) is 29.7 Å². The van der Waals surface area contributed by atoms with E-state index in [0.29, 0.717) is 12.2 Å². The monoisotopic (exact) mass is 1170 g/mol. The fourth-order valence-electron chi connectivity index (χ4n) is 12.0. The molecule has 1 aromatic heterocycles. The predicted octanol–water partition coefficient (Wildman–Crippen LogP) is 7.32. The van der Waals surface area contributed by atoms with Crippen molar-refractivity contribution in [2.45, 2.75) is 185 Å². The van der Waals surface area contributed by atoms with Crippen LogP contribution in [0.15, 0.2) is 30.6 Å². The number of ketones is 1. The van der Waals surface area contributed by atoms with Crippen LogP contribution in [0.3, 0.4) is 0 Å². The van der Waals surface area contributed by atoms with E-state index in [1.165, 1.54) is 63.4 Å². The molecule has 20 nitrogen and oxygen atoms in total. The molecule has 23 heteroatoms. The number of nitrogens with one attached hydrogen (secondary N) is 1. The number of ether oxygens (including phenoxy) is 10. The highest BCUT2D eigenvalue weighted by atomic mass is 35.5. The lowest BCUT2D eigenvalue weighted by atomic mass is 9.70. The summed E-state index contributed by atoms with van der Waals surface area (Å²) >= 11 is 13.7. The lowest BCUT2D eigenvalue weighted by molar-refractivity contribution is -0.319. The second-order valence-corrected chi connectivity index (χ2v) is 24.3. The number of fused-ring (bicyclic) bond motifs is 1. The summed E-state index contributed by atoms with van der Waals surface area (Å²) in [6.07, 6.45) is -5.92. The zero-order chi connectivity index (χ0) is 58.6. The van der Waals surface area contributed by atoms with Crippen molar-refractivity contribution in [3.63, 3.8) is 0 Å². The Morgan fingerprint density at radius 1 is 0.899 bits per heavy atom. The number of amides is 2. The number of thioether (sulfide) groups is 1. The van der Waals surface area contributed by atoms with Gasteiger partial charge in [0.2, 0.25) is 5.91 Å². The average molecular weight is 1170 g/mol. The van der Waals surface area contributed by atoms with Crippen molar-refractivity contribution in [1.82, 2.24) is 9.88 Å². The Bertz CT molecular complexity index is 2480. The van der Waals surface area contributed by atoms with Crippen molar-refractivity contribution < 1.29 is 81.6 Å². The van der Waals surface area contributed by atoms with E-state index < -0.39 is 131 Å². The summed E-state index contributed by atoms with van der Waals surface area (Å²) in [7, 11) is 6.03.